The highest BCUT2D eigenvalue weighted by atomic mass is 16.5. The van der Waals surface area contributed by atoms with E-state index in [2.05, 4.69) is 44.1 Å². The minimum Gasteiger partial charge on any atom is -0.426 e. The Morgan fingerprint density at radius 1 is 1.00 bits per heavy atom. The molecule has 2 aromatic carbocycles. The summed E-state index contributed by atoms with van der Waals surface area (Å²) >= 11 is 0. The number of nitrogens with zero attached hydrogens (tertiary/aromatic N) is 3. The lowest BCUT2D eigenvalue weighted by Crippen LogP contribution is -2.10. The first-order chi connectivity index (χ1) is 14.6. The number of hydrogen-bond donors (Lipinski definition) is 1. The quantitative estimate of drug-likeness (QED) is 0.502. The average Bonchev–Trinajstić information content (AvgIpc) is 2.78. The lowest BCUT2D eigenvalue weighted by molar-refractivity contribution is 0.202. The predicted octanol–water partition coefficient (Wildman–Crippen LogP) is 4.07. The maximum Gasteiger partial charge on any atom is 0.302 e. The Kier molecular flexibility index (Phi) is 5.72. The van der Waals surface area contributed by atoms with Crippen molar-refractivity contribution in [2.24, 2.45) is 0 Å². The van der Waals surface area contributed by atoms with Crippen LogP contribution in [0, 0.1) is 0 Å². The molecular weight excluding hydrogens is 380 g/mol. The van der Waals surface area contributed by atoms with Crippen molar-refractivity contribution in [1.82, 2.24) is 15.0 Å². The Bertz CT molecular complexity index is 1190. The molecule has 1 N–H and O–H groups in total. The van der Waals surface area contributed by atoms with Crippen LogP contribution in [-0.2, 0) is 11.2 Å². The van der Waals surface area contributed by atoms with Gasteiger partial charge in [0.15, 0.2) is 0 Å². The van der Waals surface area contributed by atoms with Crippen molar-refractivity contribution in [2.45, 2.75) is 6.42 Å². The van der Waals surface area contributed by atoms with E-state index in [1.807, 2.05) is 31.3 Å². The number of aromatic amines is 1. The highest BCUT2D eigenvalue weighted by Crippen LogP contribution is 2.27. The number of anilines is 2. The number of aromatic nitrogens is 3. The van der Waals surface area contributed by atoms with Gasteiger partial charge in [-0.15, -0.1) is 0 Å². The number of benzene rings is 2. The minimum absolute atomic E-state index is 0.133. The van der Waals surface area contributed by atoms with Crippen LogP contribution in [-0.4, -0.2) is 35.7 Å². The number of pyridine rings is 1. The maximum atomic E-state index is 12.2. The fourth-order valence-electron chi connectivity index (χ4n) is 3.12. The van der Waals surface area contributed by atoms with Crippen molar-refractivity contribution in [3.8, 4) is 11.8 Å². The molecule has 0 fully saturated rings. The van der Waals surface area contributed by atoms with Crippen LogP contribution in [0.15, 0.2) is 71.8 Å². The zero-order chi connectivity index (χ0) is 20.9. The van der Waals surface area contributed by atoms with E-state index in [4.69, 9.17) is 9.47 Å². The van der Waals surface area contributed by atoms with Crippen LogP contribution in [0.3, 0.4) is 0 Å². The van der Waals surface area contributed by atoms with E-state index in [1.54, 1.807) is 19.4 Å². The van der Waals surface area contributed by atoms with E-state index in [1.165, 1.54) is 11.8 Å². The number of hydrogen-bond acceptors (Lipinski definition) is 6. The molecule has 0 aliphatic rings. The van der Waals surface area contributed by atoms with Gasteiger partial charge in [0, 0.05) is 31.7 Å². The third-order valence-electron chi connectivity index (χ3n) is 4.84. The molecule has 0 aliphatic carbocycles. The number of H-pyrrole nitrogens is 1. The van der Waals surface area contributed by atoms with Gasteiger partial charge in [0.05, 0.1) is 23.7 Å². The fourth-order valence-corrected chi connectivity index (χ4v) is 3.12. The summed E-state index contributed by atoms with van der Waals surface area (Å²) in [6.45, 7) is 0.713. The number of nitrogens with one attached hydrogen (secondary N) is 1. The molecule has 0 radical (unpaired) electrons. The highest BCUT2D eigenvalue weighted by Gasteiger charge is 2.08. The van der Waals surface area contributed by atoms with Gasteiger partial charge in [-0.3, -0.25) is 14.8 Å². The van der Waals surface area contributed by atoms with Crippen molar-refractivity contribution in [1.29, 1.82) is 0 Å². The van der Waals surface area contributed by atoms with Gasteiger partial charge in [0.2, 0.25) is 0 Å². The molecule has 2 heterocycles. The van der Waals surface area contributed by atoms with Crippen molar-refractivity contribution >= 4 is 22.3 Å². The van der Waals surface area contributed by atoms with E-state index < -0.39 is 0 Å². The molecule has 0 unspecified atom stereocenters. The van der Waals surface area contributed by atoms with Crippen LogP contribution in [0.25, 0.3) is 10.9 Å². The van der Waals surface area contributed by atoms with Gasteiger partial charge in [0.1, 0.15) is 5.75 Å². The first-order valence-electron chi connectivity index (χ1n) is 9.57. The smallest absolute Gasteiger partial charge is 0.302 e. The van der Waals surface area contributed by atoms with Crippen LogP contribution >= 0.6 is 0 Å². The summed E-state index contributed by atoms with van der Waals surface area (Å²) in [5.74, 6) is 0.577. The van der Waals surface area contributed by atoms with E-state index in [-0.39, 0.29) is 11.6 Å². The molecule has 0 aliphatic heterocycles. The third-order valence-corrected chi connectivity index (χ3v) is 4.84. The predicted molar refractivity (Wildman–Crippen MR) is 117 cm³/mol. The average molecular weight is 402 g/mol. The van der Waals surface area contributed by atoms with Gasteiger partial charge in [-0.2, -0.15) is 4.98 Å². The molecule has 30 heavy (non-hydrogen) atoms. The molecule has 4 rings (SSSR count). The molecule has 0 saturated heterocycles. The standard InChI is InChI=1S/C23H22N4O3/c1-27(17-5-3-16(4-6-17)12-14-29-2)18-7-9-19(10-8-18)30-23-25-21-15-24-13-11-20(21)22(28)26-23/h3-11,13,15H,12,14H2,1-2H3,(H,25,26,28). The van der Waals surface area contributed by atoms with Crippen molar-refractivity contribution in [2.75, 3.05) is 25.7 Å². The second-order valence-electron chi connectivity index (χ2n) is 6.83. The lowest BCUT2D eigenvalue weighted by atomic mass is 10.1. The molecule has 0 bridgehead atoms. The number of rotatable bonds is 7. The highest BCUT2D eigenvalue weighted by molar-refractivity contribution is 5.76. The first kappa shape index (κ1) is 19.6. The van der Waals surface area contributed by atoms with E-state index in [0.717, 1.165) is 17.8 Å². The Labute approximate surface area is 173 Å². The van der Waals surface area contributed by atoms with Crippen molar-refractivity contribution in [3.05, 3.63) is 82.9 Å². The molecule has 152 valence electrons. The van der Waals surface area contributed by atoms with E-state index in [0.29, 0.717) is 23.3 Å². The summed E-state index contributed by atoms with van der Waals surface area (Å²) in [5.41, 5.74) is 3.56. The topological polar surface area (TPSA) is 80.3 Å². The summed E-state index contributed by atoms with van der Waals surface area (Å²) in [6, 6.07) is 17.7. The summed E-state index contributed by atoms with van der Waals surface area (Å²) < 4.78 is 10.9. The molecule has 0 atom stereocenters. The van der Waals surface area contributed by atoms with Crippen LogP contribution in [0.1, 0.15) is 5.56 Å². The van der Waals surface area contributed by atoms with Crippen LogP contribution in [0.5, 0.6) is 11.8 Å². The zero-order valence-corrected chi connectivity index (χ0v) is 16.8. The molecule has 0 spiro atoms. The molecule has 7 nitrogen and oxygen atoms in total. The second kappa shape index (κ2) is 8.75. The van der Waals surface area contributed by atoms with Gasteiger partial charge in [-0.25, -0.2) is 0 Å². The fraction of sp³-hybridized carbons (Fsp3) is 0.174. The maximum absolute atomic E-state index is 12.2. The Morgan fingerprint density at radius 2 is 1.70 bits per heavy atom. The van der Waals surface area contributed by atoms with E-state index in [9.17, 15) is 4.79 Å². The van der Waals surface area contributed by atoms with Crippen molar-refractivity contribution < 1.29 is 9.47 Å². The van der Waals surface area contributed by atoms with Crippen LogP contribution in [0.4, 0.5) is 11.4 Å². The van der Waals surface area contributed by atoms with Crippen molar-refractivity contribution in [3.63, 3.8) is 0 Å². The second-order valence-corrected chi connectivity index (χ2v) is 6.83. The van der Waals surface area contributed by atoms with Gasteiger partial charge < -0.3 is 14.4 Å². The minimum atomic E-state index is -0.261. The molecule has 0 saturated carbocycles. The Morgan fingerprint density at radius 3 is 2.40 bits per heavy atom. The normalized spacial score (nSPS) is 10.9. The molecule has 2 aromatic heterocycles. The van der Waals surface area contributed by atoms with Crippen LogP contribution < -0.4 is 15.2 Å². The van der Waals surface area contributed by atoms with Gasteiger partial charge in [-0.05, 0) is 54.4 Å². The Hall–Kier alpha value is -3.71. The summed E-state index contributed by atoms with van der Waals surface area (Å²) in [7, 11) is 3.72. The molecular formula is C23H22N4O3. The summed E-state index contributed by atoms with van der Waals surface area (Å²) in [5, 5.41) is 0.475. The third kappa shape index (κ3) is 4.31. The Balaban J connectivity index is 1.48. The SMILES string of the molecule is COCCc1ccc(N(C)c2ccc(Oc3nc4cnccc4c(=O)[nH]3)cc2)cc1. The molecule has 4 aromatic rings. The molecule has 7 heteroatoms. The summed E-state index contributed by atoms with van der Waals surface area (Å²) in [4.78, 5) is 25.2. The first-order valence-corrected chi connectivity index (χ1v) is 9.57. The van der Waals surface area contributed by atoms with Gasteiger partial charge >= 0.3 is 6.01 Å². The van der Waals surface area contributed by atoms with E-state index >= 15 is 0 Å². The number of methoxy groups -OCH3 is 1. The summed E-state index contributed by atoms with van der Waals surface area (Å²) in [6.07, 6.45) is 3.99. The zero-order valence-electron chi connectivity index (χ0n) is 16.8. The van der Waals surface area contributed by atoms with Crippen LogP contribution in [0.2, 0.25) is 0 Å². The number of fused-ring (bicyclic) bond motifs is 1. The molecule has 0 amide bonds. The monoisotopic (exact) mass is 402 g/mol. The largest absolute Gasteiger partial charge is 0.426 e. The van der Waals surface area contributed by atoms with Gasteiger partial charge in [0.25, 0.3) is 5.56 Å². The van der Waals surface area contributed by atoms with Gasteiger partial charge in [-0.1, -0.05) is 12.1 Å². The lowest BCUT2D eigenvalue weighted by Gasteiger charge is -2.20. The number of ether oxygens (including phenoxy) is 2.